The molecule has 0 fully saturated rings. The van der Waals surface area contributed by atoms with E-state index in [1.54, 1.807) is 12.1 Å². The number of urea groups is 1. The molecule has 3 N–H and O–H groups in total. The molecular formula is C15H25N3O. The van der Waals surface area contributed by atoms with E-state index in [9.17, 15) is 4.79 Å². The predicted octanol–water partition coefficient (Wildman–Crippen LogP) is 3.70. The van der Waals surface area contributed by atoms with Crippen molar-refractivity contribution >= 4 is 17.4 Å². The quantitative estimate of drug-likeness (QED) is 0.607. The number of nitrogens with zero attached hydrogens (tertiary/aromatic N) is 1. The van der Waals surface area contributed by atoms with Crippen molar-refractivity contribution in [2.24, 2.45) is 0 Å². The van der Waals surface area contributed by atoms with Crippen molar-refractivity contribution in [1.29, 1.82) is 0 Å². The first-order chi connectivity index (χ1) is 9.04. The Morgan fingerprint density at radius 3 is 2.42 bits per heavy atom. The van der Waals surface area contributed by atoms with Crippen LogP contribution in [0.3, 0.4) is 0 Å². The highest BCUT2D eigenvalue weighted by molar-refractivity contribution is 5.89. The Balaban J connectivity index is 2.58. The maximum absolute atomic E-state index is 12.2. The minimum absolute atomic E-state index is 0.0455. The second-order valence-electron chi connectivity index (χ2n) is 5.05. The van der Waals surface area contributed by atoms with Gasteiger partial charge in [0, 0.05) is 24.0 Å². The molecule has 0 atom stereocenters. The van der Waals surface area contributed by atoms with Crippen LogP contribution < -0.4 is 11.1 Å². The lowest BCUT2D eigenvalue weighted by molar-refractivity contribution is 0.195. The van der Waals surface area contributed by atoms with Crippen LogP contribution in [0.1, 0.15) is 40.0 Å². The lowest BCUT2D eigenvalue weighted by Crippen LogP contribution is -2.40. The number of anilines is 2. The molecule has 0 bridgehead atoms. The molecule has 0 aliphatic rings. The average Bonchev–Trinajstić information content (AvgIpc) is 2.37. The standard InChI is InChI=1S/C15H25N3O/c1-4-5-6-11-18(12(2)3)15(19)17-14-9-7-13(16)8-10-14/h7-10,12H,4-6,11,16H2,1-3H3,(H,17,19). The topological polar surface area (TPSA) is 58.4 Å². The fourth-order valence-electron chi connectivity index (χ4n) is 1.89. The normalized spacial score (nSPS) is 10.5. The molecule has 1 aromatic carbocycles. The van der Waals surface area contributed by atoms with E-state index in [1.807, 2.05) is 30.9 Å². The van der Waals surface area contributed by atoms with Crippen LogP contribution in [-0.4, -0.2) is 23.5 Å². The van der Waals surface area contributed by atoms with Gasteiger partial charge < -0.3 is 16.0 Å². The highest BCUT2D eigenvalue weighted by atomic mass is 16.2. The van der Waals surface area contributed by atoms with Crippen LogP contribution in [0.5, 0.6) is 0 Å². The Kier molecular flexibility index (Phi) is 6.19. The summed E-state index contributed by atoms with van der Waals surface area (Å²) in [5.74, 6) is 0. The summed E-state index contributed by atoms with van der Waals surface area (Å²) in [6, 6.07) is 7.36. The van der Waals surface area contributed by atoms with Gasteiger partial charge in [-0.25, -0.2) is 4.79 Å². The third kappa shape index (κ3) is 5.20. The Hall–Kier alpha value is -1.71. The van der Waals surface area contributed by atoms with E-state index < -0.39 is 0 Å². The maximum atomic E-state index is 12.2. The summed E-state index contributed by atoms with van der Waals surface area (Å²) in [7, 11) is 0. The van der Waals surface area contributed by atoms with Crippen molar-refractivity contribution in [2.45, 2.75) is 46.1 Å². The van der Waals surface area contributed by atoms with Gasteiger partial charge in [0.05, 0.1) is 0 Å². The van der Waals surface area contributed by atoms with Crippen LogP contribution in [-0.2, 0) is 0 Å². The molecule has 0 aromatic heterocycles. The number of carbonyl (C=O) groups is 1. The zero-order valence-electron chi connectivity index (χ0n) is 12.1. The molecule has 0 spiro atoms. The van der Waals surface area contributed by atoms with E-state index in [-0.39, 0.29) is 12.1 Å². The summed E-state index contributed by atoms with van der Waals surface area (Å²) in [5, 5.41) is 2.91. The van der Waals surface area contributed by atoms with Gasteiger partial charge in [-0.1, -0.05) is 19.8 Å². The summed E-state index contributed by atoms with van der Waals surface area (Å²) >= 11 is 0. The summed E-state index contributed by atoms with van der Waals surface area (Å²) in [6.45, 7) is 7.03. The largest absolute Gasteiger partial charge is 0.399 e. The first-order valence-electron chi connectivity index (χ1n) is 6.97. The molecule has 0 radical (unpaired) electrons. The molecule has 1 aromatic rings. The number of carbonyl (C=O) groups excluding carboxylic acids is 1. The molecule has 0 heterocycles. The van der Waals surface area contributed by atoms with Crippen molar-refractivity contribution in [3.63, 3.8) is 0 Å². The molecule has 0 unspecified atom stereocenters. The summed E-state index contributed by atoms with van der Waals surface area (Å²) in [5.41, 5.74) is 7.10. The van der Waals surface area contributed by atoms with Crippen LogP contribution >= 0.6 is 0 Å². The van der Waals surface area contributed by atoms with Gasteiger partial charge in [0.25, 0.3) is 0 Å². The molecular weight excluding hydrogens is 238 g/mol. The first-order valence-corrected chi connectivity index (χ1v) is 6.97. The Bertz CT molecular complexity index is 387. The summed E-state index contributed by atoms with van der Waals surface area (Å²) in [4.78, 5) is 14.1. The zero-order valence-corrected chi connectivity index (χ0v) is 12.1. The second kappa shape index (κ2) is 7.67. The van der Waals surface area contributed by atoms with E-state index in [1.165, 1.54) is 0 Å². The number of rotatable bonds is 6. The van der Waals surface area contributed by atoms with Crippen molar-refractivity contribution in [2.75, 3.05) is 17.6 Å². The van der Waals surface area contributed by atoms with Gasteiger partial charge >= 0.3 is 6.03 Å². The number of amides is 2. The van der Waals surface area contributed by atoms with Gasteiger partial charge in [0.2, 0.25) is 0 Å². The molecule has 0 saturated heterocycles. The smallest absolute Gasteiger partial charge is 0.322 e. The van der Waals surface area contributed by atoms with Gasteiger partial charge in [-0.15, -0.1) is 0 Å². The number of benzene rings is 1. The van der Waals surface area contributed by atoms with Gasteiger partial charge in [-0.2, -0.15) is 0 Å². The lowest BCUT2D eigenvalue weighted by Gasteiger charge is -2.27. The molecule has 0 aliphatic heterocycles. The zero-order chi connectivity index (χ0) is 14.3. The average molecular weight is 263 g/mol. The van der Waals surface area contributed by atoms with Crippen LogP contribution in [0.15, 0.2) is 24.3 Å². The van der Waals surface area contributed by atoms with Gasteiger partial charge in [0.1, 0.15) is 0 Å². The SMILES string of the molecule is CCCCCN(C(=O)Nc1ccc(N)cc1)C(C)C. The van der Waals surface area contributed by atoms with E-state index in [0.717, 1.165) is 31.5 Å². The summed E-state index contributed by atoms with van der Waals surface area (Å²) in [6.07, 6.45) is 3.35. The number of nitrogens with one attached hydrogen (secondary N) is 1. The van der Waals surface area contributed by atoms with Crippen molar-refractivity contribution in [3.8, 4) is 0 Å². The fourth-order valence-corrected chi connectivity index (χ4v) is 1.89. The van der Waals surface area contributed by atoms with E-state index >= 15 is 0 Å². The predicted molar refractivity (Wildman–Crippen MR) is 81.2 cm³/mol. The van der Waals surface area contributed by atoms with Gasteiger partial charge in [-0.3, -0.25) is 0 Å². The fraction of sp³-hybridized carbons (Fsp3) is 0.533. The monoisotopic (exact) mass is 263 g/mol. The third-order valence-electron chi connectivity index (χ3n) is 3.05. The molecule has 0 saturated carbocycles. The van der Waals surface area contributed by atoms with E-state index in [4.69, 9.17) is 5.73 Å². The minimum Gasteiger partial charge on any atom is -0.399 e. The van der Waals surface area contributed by atoms with Crippen LogP contribution in [0.4, 0.5) is 16.2 Å². The minimum atomic E-state index is -0.0455. The van der Waals surface area contributed by atoms with Crippen molar-refractivity contribution in [3.05, 3.63) is 24.3 Å². The molecule has 0 aliphatic carbocycles. The van der Waals surface area contributed by atoms with Crippen molar-refractivity contribution < 1.29 is 4.79 Å². The molecule has 2 amide bonds. The summed E-state index contributed by atoms with van der Waals surface area (Å²) < 4.78 is 0. The van der Waals surface area contributed by atoms with Crippen LogP contribution in [0, 0.1) is 0 Å². The van der Waals surface area contributed by atoms with Gasteiger partial charge in [-0.05, 0) is 44.5 Å². The highest BCUT2D eigenvalue weighted by Crippen LogP contribution is 2.12. The molecule has 106 valence electrons. The number of nitrogens with two attached hydrogens (primary N) is 1. The number of nitrogen functional groups attached to an aromatic ring is 1. The molecule has 4 heteroatoms. The lowest BCUT2D eigenvalue weighted by atomic mass is 10.2. The van der Waals surface area contributed by atoms with E-state index in [2.05, 4.69) is 12.2 Å². The molecule has 1 rings (SSSR count). The maximum Gasteiger partial charge on any atom is 0.322 e. The second-order valence-corrected chi connectivity index (χ2v) is 5.05. The highest BCUT2D eigenvalue weighted by Gasteiger charge is 2.16. The number of hydrogen-bond donors (Lipinski definition) is 2. The van der Waals surface area contributed by atoms with Crippen LogP contribution in [0.2, 0.25) is 0 Å². The first kappa shape index (κ1) is 15.3. The Morgan fingerprint density at radius 2 is 1.89 bits per heavy atom. The van der Waals surface area contributed by atoms with Gasteiger partial charge in [0.15, 0.2) is 0 Å². The van der Waals surface area contributed by atoms with E-state index in [0.29, 0.717) is 5.69 Å². The number of hydrogen-bond acceptors (Lipinski definition) is 2. The van der Waals surface area contributed by atoms with Crippen molar-refractivity contribution in [1.82, 2.24) is 4.90 Å². The molecule has 4 nitrogen and oxygen atoms in total. The Morgan fingerprint density at radius 1 is 1.26 bits per heavy atom. The molecule has 19 heavy (non-hydrogen) atoms. The van der Waals surface area contributed by atoms with Crippen LogP contribution in [0.25, 0.3) is 0 Å². The number of unbranched alkanes of at least 4 members (excludes halogenated alkanes) is 2. The Labute approximate surface area is 116 Å². The third-order valence-corrected chi connectivity index (χ3v) is 3.05.